The fourth-order valence-electron chi connectivity index (χ4n) is 2.79. The number of benzene rings is 1. The Bertz CT molecular complexity index is 683. The van der Waals surface area contributed by atoms with Crippen molar-refractivity contribution in [3.63, 3.8) is 0 Å². The van der Waals surface area contributed by atoms with Gasteiger partial charge in [0.15, 0.2) is 0 Å². The van der Waals surface area contributed by atoms with Crippen molar-refractivity contribution < 1.29 is 9.18 Å². The van der Waals surface area contributed by atoms with Gasteiger partial charge in [0.2, 0.25) is 0 Å². The van der Waals surface area contributed by atoms with Gasteiger partial charge in [0.1, 0.15) is 17.0 Å². The van der Waals surface area contributed by atoms with Gasteiger partial charge in [-0.2, -0.15) is 0 Å². The van der Waals surface area contributed by atoms with E-state index < -0.39 is 5.82 Å². The number of rotatable bonds is 2. The Labute approximate surface area is 131 Å². The van der Waals surface area contributed by atoms with E-state index in [0.717, 1.165) is 25.7 Å². The molecule has 0 atom stereocenters. The summed E-state index contributed by atoms with van der Waals surface area (Å²) in [5.41, 5.74) is 0.478. The van der Waals surface area contributed by atoms with Gasteiger partial charge in [-0.1, -0.05) is 47.3 Å². The number of pyridine rings is 1. The molecule has 1 aromatic heterocycles. The van der Waals surface area contributed by atoms with E-state index in [1.165, 1.54) is 12.5 Å². The summed E-state index contributed by atoms with van der Waals surface area (Å²) in [4.78, 5) is 16.5. The molecule has 1 N–H and O–H groups in total. The molecule has 110 valence electrons. The molecule has 3 rings (SSSR count). The Morgan fingerprint density at radius 1 is 1.29 bits per heavy atom. The molecule has 21 heavy (non-hydrogen) atoms. The Kier molecular flexibility index (Phi) is 4.19. The average Bonchev–Trinajstić information content (AvgIpc) is 2.49. The first-order valence-corrected chi connectivity index (χ1v) is 8.00. The second kappa shape index (κ2) is 6.10. The van der Waals surface area contributed by atoms with Gasteiger partial charge in [0, 0.05) is 15.9 Å². The zero-order chi connectivity index (χ0) is 14.8. The van der Waals surface area contributed by atoms with E-state index in [9.17, 15) is 9.18 Å². The van der Waals surface area contributed by atoms with Crippen molar-refractivity contribution in [3.05, 3.63) is 40.2 Å². The molecule has 1 fully saturated rings. The van der Waals surface area contributed by atoms with Crippen LogP contribution in [0.2, 0.25) is 0 Å². The number of hydrogen-bond acceptors (Lipinski definition) is 2. The Morgan fingerprint density at radius 3 is 2.81 bits per heavy atom. The highest BCUT2D eigenvalue weighted by Crippen LogP contribution is 2.25. The monoisotopic (exact) mass is 350 g/mol. The highest BCUT2D eigenvalue weighted by Gasteiger charge is 2.19. The molecular weight excluding hydrogens is 335 g/mol. The van der Waals surface area contributed by atoms with E-state index in [0.29, 0.717) is 9.86 Å². The van der Waals surface area contributed by atoms with E-state index >= 15 is 0 Å². The van der Waals surface area contributed by atoms with E-state index in [1.54, 1.807) is 18.2 Å². The van der Waals surface area contributed by atoms with Crippen LogP contribution in [-0.2, 0) is 0 Å². The number of carbonyl (C=O) groups is 1. The molecule has 1 amide bonds. The minimum atomic E-state index is -0.416. The molecule has 1 aliphatic rings. The van der Waals surface area contributed by atoms with Crippen LogP contribution >= 0.6 is 15.9 Å². The van der Waals surface area contributed by atoms with Crippen molar-refractivity contribution in [2.75, 3.05) is 0 Å². The van der Waals surface area contributed by atoms with E-state index in [4.69, 9.17) is 0 Å². The fraction of sp³-hybridized carbons (Fsp3) is 0.375. The topological polar surface area (TPSA) is 42.0 Å². The van der Waals surface area contributed by atoms with Crippen molar-refractivity contribution >= 4 is 32.7 Å². The number of amides is 1. The first-order valence-electron chi connectivity index (χ1n) is 7.21. The van der Waals surface area contributed by atoms with Crippen LogP contribution in [0.1, 0.15) is 42.6 Å². The van der Waals surface area contributed by atoms with Crippen molar-refractivity contribution in [3.8, 4) is 0 Å². The highest BCUT2D eigenvalue weighted by molar-refractivity contribution is 9.10. The molecule has 1 aliphatic carbocycles. The predicted octanol–water partition coefficient (Wildman–Crippen LogP) is 4.20. The van der Waals surface area contributed by atoms with Crippen molar-refractivity contribution in [1.29, 1.82) is 0 Å². The first kappa shape index (κ1) is 14.4. The number of fused-ring (bicyclic) bond motifs is 1. The first-order chi connectivity index (χ1) is 10.1. The number of carbonyl (C=O) groups excluding carboxylic acids is 1. The minimum Gasteiger partial charge on any atom is -0.348 e. The molecule has 3 nitrogen and oxygen atoms in total. The molecule has 1 heterocycles. The lowest BCUT2D eigenvalue weighted by atomic mass is 9.95. The van der Waals surface area contributed by atoms with Crippen LogP contribution in [0.25, 0.3) is 10.9 Å². The standard InChI is InChI=1S/C16H16BrFN2O/c17-12-9-14(16(21)19-10-5-2-1-3-6-10)20-15-11(12)7-4-8-13(15)18/h4,7-10H,1-3,5-6H2,(H,19,21). The van der Waals surface area contributed by atoms with Crippen molar-refractivity contribution in [2.24, 2.45) is 0 Å². The third kappa shape index (κ3) is 3.07. The van der Waals surface area contributed by atoms with Crippen LogP contribution < -0.4 is 5.32 Å². The number of nitrogens with one attached hydrogen (secondary N) is 1. The molecule has 5 heteroatoms. The van der Waals surface area contributed by atoms with Crippen molar-refractivity contribution in [2.45, 2.75) is 38.1 Å². The smallest absolute Gasteiger partial charge is 0.270 e. The van der Waals surface area contributed by atoms with Crippen molar-refractivity contribution in [1.82, 2.24) is 10.3 Å². The van der Waals surface area contributed by atoms with Gasteiger partial charge in [-0.05, 0) is 25.0 Å². The van der Waals surface area contributed by atoms with Gasteiger partial charge in [-0.3, -0.25) is 4.79 Å². The summed E-state index contributed by atoms with van der Waals surface area (Å²) in [7, 11) is 0. The summed E-state index contributed by atoms with van der Waals surface area (Å²) in [5.74, 6) is -0.645. The maximum atomic E-state index is 13.9. The zero-order valence-corrected chi connectivity index (χ0v) is 13.1. The Hall–Kier alpha value is -1.49. The summed E-state index contributed by atoms with van der Waals surface area (Å²) in [6.07, 6.45) is 5.55. The minimum absolute atomic E-state index is 0.211. The maximum absolute atomic E-state index is 13.9. The third-order valence-electron chi connectivity index (χ3n) is 3.91. The average molecular weight is 351 g/mol. The zero-order valence-electron chi connectivity index (χ0n) is 11.5. The molecule has 0 bridgehead atoms. The van der Waals surface area contributed by atoms with E-state index in [1.807, 2.05) is 0 Å². The SMILES string of the molecule is O=C(NC1CCCCC1)c1cc(Br)c2cccc(F)c2n1. The molecule has 0 saturated heterocycles. The molecule has 0 spiro atoms. The van der Waals surface area contributed by atoms with Crippen LogP contribution in [0.4, 0.5) is 4.39 Å². The largest absolute Gasteiger partial charge is 0.348 e. The third-order valence-corrected chi connectivity index (χ3v) is 4.57. The van der Waals surface area contributed by atoms with Gasteiger partial charge in [-0.15, -0.1) is 0 Å². The number of halogens is 2. The van der Waals surface area contributed by atoms with Gasteiger partial charge in [-0.25, -0.2) is 9.37 Å². The maximum Gasteiger partial charge on any atom is 0.270 e. The van der Waals surface area contributed by atoms with Gasteiger partial charge in [0.05, 0.1) is 0 Å². The van der Waals surface area contributed by atoms with Crippen LogP contribution in [0.5, 0.6) is 0 Å². The second-order valence-electron chi connectivity index (χ2n) is 5.43. The van der Waals surface area contributed by atoms with Crippen LogP contribution in [-0.4, -0.2) is 16.9 Å². The lowest BCUT2D eigenvalue weighted by molar-refractivity contribution is 0.0923. The quantitative estimate of drug-likeness (QED) is 0.881. The Morgan fingerprint density at radius 2 is 2.05 bits per heavy atom. The summed E-state index contributed by atoms with van der Waals surface area (Å²) in [5, 5.41) is 3.67. The van der Waals surface area contributed by atoms with Crippen LogP contribution in [0.3, 0.4) is 0 Å². The molecule has 0 unspecified atom stereocenters. The number of aromatic nitrogens is 1. The van der Waals surface area contributed by atoms with Crippen LogP contribution in [0, 0.1) is 5.82 Å². The summed E-state index contributed by atoms with van der Waals surface area (Å²) >= 11 is 3.39. The molecule has 2 aromatic rings. The molecule has 0 radical (unpaired) electrons. The predicted molar refractivity (Wildman–Crippen MR) is 83.7 cm³/mol. The summed E-state index contributed by atoms with van der Waals surface area (Å²) in [6, 6.07) is 6.62. The van der Waals surface area contributed by atoms with Gasteiger partial charge >= 0.3 is 0 Å². The fourth-order valence-corrected chi connectivity index (χ4v) is 3.33. The van der Waals surface area contributed by atoms with E-state index in [-0.39, 0.29) is 23.2 Å². The Balaban J connectivity index is 1.89. The second-order valence-corrected chi connectivity index (χ2v) is 6.29. The molecule has 0 aliphatic heterocycles. The summed E-state index contributed by atoms with van der Waals surface area (Å²) in [6.45, 7) is 0. The number of hydrogen-bond donors (Lipinski definition) is 1. The van der Waals surface area contributed by atoms with Gasteiger partial charge in [0.25, 0.3) is 5.91 Å². The van der Waals surface area contributed by atoms with Crippen LogP contribution in [0.15, 0.2) is 28.7 Å². The van der Waals surface area contributed by atoms with E-state index in [2.05, 4.69) is 26.2 Å². The lowest BCUT2D eigenvalue weighted by Gasteiger charge is -2.22. The summed E-state index contributed by atoms with van der Waals surface area (Å²) < 4.78 is 14.5. The normalized spacial score (nSPS) is 16.1. The number of para-hydroxylation sites is 1. The molecular formula is C16H16BrFN2O. The van der Waals surface area contributed by atoms with Gasteiger partial charge < -0.3 is 5.32 Å². The number of nitrogens with zero attached hydrogens (tertiary/aromatic N) is 1. The molecule has 1 aromatic carbocycles. The lowest BCUT2D eigenvalue weighted by Crippen LogP contribution is -2.36. The highest BCUT2D eigenvalue weighted by atomic mass is 79.9. The molecule has 1 saturated carbocycles.